The SMILES string of the molecule is c1cc(CNCCC2CCCCC2)c2c(c1)OCCO2. The van der Waals surface area contributed by atoms with Gasteiger partial charge in [0, 0.05) is 12.1 Å². The maximum absolute atomic E-state index is 5.74. The van der Waals surface area contributed by atoms with Crippen molar-refractivity contribution in [2.24, 2.45) is 5.92 Å². The molecule has 1 aliphatic heterocycles. The van der Waals surface area contributed by atoms with E-state index in [1.807, 2.05) is 12.1 Å². The molecule has 1 N–H and O–H groups in total. The molecule has 0 amide bonds. The molecule has 3 rings (SSSR count). The monoisotopic (exact) mass is 275 g/mol. The molecule has 1 aromatic carbocycles. The van der Waals surface area contributed by atoms with E-state index in [-0.39, 0.29) is 0 Å². The van der Waals surface area contributed by atoms with Crippen LogP contribution in [0.3, 0.4) is 0 Å². The highest BCUT2D eigenvalue weighted by molar-refractivity contribution is 5.47. The van der Waals surface area contributed by atoms with Crippen molar-refractivity contribution >= 4 is 0 Å². The third kappa shape index (κ3) is 3.45. The molecule has 20 heavy (non-hydrogen) atoms. The van der Waals surface area contributed by atoms with E-state index >= 15 is 0 Å². The molecule has 3 nitrogen and oxygen atoms in total. The van der Waals surface area contributed by atoms with Crippen molar-refractivity contribution in [3.05, 3.63) is 23.8 Å². The Morgan fingerprint density at radius 1 is 1.05 bits per heavy atom. The standard InChI is InChI=1S/C17H25NO2/c1-2-5-14(6-3-1)9-10-18-13-15-7-4-8-16-17(15)20-12-11-19-16/h4,7-8,14,18H,1-3,5-6,9-13H2. The topological polar surface area (TPSA) is 30.5 Å². The van der Waals surface area contributed by atoms with Crippen molar-refractivity contribution in [2.75, 3.05) is 19.8 Å². The van der Waals surface area contributed by atoms with Crippen LogP contribution < -0.4 is 14.8 Å². The zero-order valence-corrected chi connectivity index (χ0v) is 12.2. The Morgan fingerprint density at radius 2 is 1.90 bits per heavy atom. The summed E-state index contributed by atoms with van der Waals surface area (Å²) < 4.78 is 11.3. The quantitative estimate of drug-likeness (QED) is 0.834. The number of para-hydroxylation sites is 1. The molecule has 1 aromatic rings. The summed E-state index contributed by atoms with van der Waals surface area (Å²) in [7, 11) is 0. The summed E-state index contributed by atoms with van der Waals surface area (Å²) in [6.07, 6.45) is 8.48. The van der Waals surface area contributed by atoms with Gasteiger partial charge in [-0.05, 0) is 24.9 Å². The summed E-state index contributed by atoms with van der Waals surface area (Å²) in [5.74, 6) is 2.77. The van der Waals surface area contributed by atoms with E-state index in [0.717, 1.165) is 30.5 Å². The van der Waals surface area contributed by atoms with Crippen molar-refractivity contribution < 1.29 is 9.47 Å². The molecule has 1 aliphatic carbocycles. The third-order valence-electron chi connectivity index (χ3n) is 4.42. The van der Waals surface area contributed by atoms with Gasteiger partial charge >= 0.3 is 0 Å². The maximum Gasteiger partial charge on any atom is 0.165 e. The predicted octanol–water partition coefficient (Wildman–Crippen LogP) is 3.52. The minimum Gasteiger partial charge on any atom is -0.486 e. The number of ether oxygens (including phenoxy) is 2. The van der Waals surface area contributed by atoms with Crippen LogP contribution in [0.15, 0.2) is 18.2 Å². The van der Waals surface area contributed by atoms with Gasteiger partial charge in [-0.1, -0.05) is 44.2 Å². The molecule has 1 heterocycles. The fourth-order valence-corrected chi connectivity index (χ4v) is 3.28. The Morgan fingerprint density at radius 3 is 2.80 bits per heavy atom. The second-order valence-electron chi connectivity index (χ2n) is 5.91. The molecule has 0 aromatic heterocycles. The van der Waals surface area contributed by atoms with Gasteiger partial charge in [0.05, 0.1) is 0 Å². The first-order valence-corrected chi connectivity index (χ1v) is 8.02. The zero-order chi connectivity index (χ0) is 13.6. The minimum atomic E-state index is 0.658. The molecule has 0 atom stereocenters. The van der Waals surface area contributed by atoms with Crippen LogP contribution in [0.2, 0.25) is 0 Å². The molecule has 110 valence electrons. The van der Waals surface area contributed by atoms with Crippen molar-refractivity contribution in [3.8, 4) is 11.5 Å². The summed E-state index contributed by atoms with van der Waals surface area (Å²) in [4.78, 5) is 0. The molecule has 0 saturated heterocycles. The van der Waals surface area contributed by atoms with Gasteiger partial charge in [-0.3, -0.25) is 0 Å². The number of rotatable bonds is 5. The van der Waals surface area contributed by atoms with Gasteiger partial charge in [0.1, 0.15) is 13.2 Å². The van der Waals surface area contributed by atoms with Crippen molar-refractivity contribution in [1.29, 1.82) is 0 Å². The van der Waals surface area contributed by atoms with Crippen LogP contribution in [0.25, 0.3) is 0 Å². The molecule has 0 unspecified atom stereocenters. The van der Waals surface area contributed by atoms with Gasteiger partial charge in [-0.2, -0.15) is 0 Å². The van der Waals surface area contributed by atoms with Crippen LogP contribution in [-0.2, 0) is 6.54 Å². The summed E-state index contributed by atoms with van der Waals surface area (Å²) >= 11 is 0. The molecule has 3 heteroatoms. The number of hydrogen-bond acceptors (Lipinski definition) is 3. The van der Waals surface area contributed by atoms with E-state index in [1.54, 1.807) is 0 Å². The maximum atomic E-state index is 5.74. The van der Waals surface area contributed by atoms with Gasteiger partial charge in [0.25, 0.3) is 0 Å². The highest BCUT2D eigenvalue weighted by atomic mass is 16.6. The fraction of sp³-hybridized carbons (Fsp3) is 0.647. The average Bonchev–Trinajstić information content (AvgIpc) is 2.53. The van der Waals surface area contributed by atoms with Crippen LogP contribution in [0.1, 0.15) is 44.1 Å². The highest BCUT2D eigenvalue weighted by Gasteiger charge is 2.16. The van der Waals surface area contributed by atoms with Crippen LogP contribution in [-0.4, -0.2) is 19.8 Å². The number of nitrogens with one attached hydrogen (secondary N) is 1. The lowest BCUT2D eigenvalue weighted by atomic mass is 9.87. The molecular weight excluding hydrogens is 250 g/mol. The van der Waals surface area contributed by atoms with E-state index in [0.29, 0.717) is 13.2 Å². The second kappa shape index (κ2) is 6.98. The van der Waals surface area contributed by atoms with E-state index in [4.69, 9.17) is 9.47 Å². The number of benzene rings is 1. The first kappa shape index (κ1) is 13.7. The third-order valence-corrected chi connectivity index (χ3v) is 4.42. The highest BCUT2D eigenvalue weighted by Crippen LogP contribution is 2.33. The lowest BCUT2D eigenvalue weighted by molar-refractivity contribution is 0.169. The summed E-state index contributed by atoms with van der Waals surface area (Å²) in [6.45, 7) is 3.30. The molecule has 2 aliphatic rings. The van der Waals surface area contributed by atoms with Crippen LogP contribution in [0.4, 0.5) is 0 Å². The number of fused-ring (bicyclic) bond motifs is 1. The zero-order valence-electron chi connectivity index (χ0n) is 12.2. The fourth-order valence-electron chi connectivity index (χ4n) is 3.28. The molecular formula is C17H25NO2. The summed E-state index contributed by atoms with van der Waals surface area (Å²) in [5, 5.41) is 3.56. The lowest BCUT2D eigenvalue weighted by Crippen LogP contribution is -2.21. The summed E-state index contributed by atoms with van der Waals surface area (Å²) in [6, 6.07) is 6.16. The largest absolute Gasteiger partial charge is 0.486 e. The van der Waals surface area contributed by atoms with Crippen molar-refractivity contribution in [3.63, 3.8) is 0 Å². The minimum absolute atomic E-state index is 0.658. The van der Waals surface area contributed by atoms with Gasteiger partial charge in [0.15, 0.2) is 11.5 Å². The Labute approximate surface area is 121 Å². The second-order valence-corrected chi connectivity index (χ2v) is 5.91. The molecule has 0 radical (unpaired) electrons. The summed E-state index contributed by atoms with van der Waals surface area (Å²) in [5.41, 5.74) is 1.21. The normalized spacial score (nSPS) is 19.0. The molecule has 1 saturated carbocycles. The van der Waals surface area contributed by atoms with E-state index < -0.39 is 0 Å². The van der Waals surface area contributed by atoms with Gasteiger partial charge < -0.3 is 14.8 Å². The van der Waals surface area contributed by atoms with E-state index in [2.05, 4.69) is 11.4 Å². The van der Waals surface area contributed by atoms with E-state index in [9.17, 15) is 0 Å². The molecule has 1 fully saturated rings. The number of hydrogen-bond donors (Lipinski definition) is 1. The molecule has 0 bridgehead atoms. The van der Waals surface area contributed by atoms with Crippen molar-refractivity contribution in [1.82, 2.24) is 5.32 Å². The Bertz CT molecular complexity index is 427. The van der Waals surface area contributed by atoms with Crippen LogP contribution in [0.5, 0.6) is 11.5 Å². The Balaban J connectivity index is 1.46. The predicted molar refractivity (Wildman–Crippen MR) is 80.3 cm³/mol. The molecule has 0 spiro atoms. The smallest absolute Gasteiger partial charge is 0.165 e. The van der Waals surface area contributed by atoms with Gasteiger partial charge in [-0.15, -0.1) is 0 Å². The first-order valence-electron chi connectivity index (χ1n) is 8.02. The van der Waals surface area contributed by atoms with Gasteiger partial charge in [-0.25, -0.2) is 0 Å². The Hall–Kier alpha value is -1.22. The Kier molecular flexibility index (Phi) is 4.80. The van der Waals surface area contributed by atoms with Crippen LogP contribution >= 0.6 is 0 Å². The lowest BCUT2D eigenvalue weighted by Gasteiger charge is -2.22. The van der Waals surface area contributed by atoms with Crippen molar-refractivity contribution in [2.45, 2.75) is 45.1 Å². The van der Waals surface area contributed by atoms with Gasteiger partial charge in [0.2, 0.25) is 0 Å². The van der Waals surface area contributed by atoms with Crippen LogP contribution in [0, 0.1) is 5.92 Å². The average molecular weight is 275 g/mol. The first-order chi connectivity index (χ1) is 9.93. The van der Waals surface area contributed by atoms with E-state index in [1.165, 1.54) is 44.1 Å².